The minimum absolute atomic E-state index is 0.360. The summed E-state index contributed by atoms with van der Waals surface area (Å²) < 4.78 is 10.7. The quantitative estimate of drug-likeness (QED) is 0.456. The molecule has 0 radical (unpaired) electrons. The number of aliphatic hydroxyl groups excluding tert-OH is 4. The van der Waals surface area contributed by atoms with Crippen LogP contribution in [0, 0.1) is 11.3 Å². The lowest BCUT2D eigenvalue weighted by atomic mass is 9.98. The molecule has 1 heterocycles. The first-order chi connectivity index (χ1) is 9.03. The molecule has 0 spiro atoms. The second-order valence-corrected chi connectivity index (χ2v) is 4.80. The first-order valence-corrected chi connectivity index (χ1v) is 6.07. The van der Waals surface area contributed by atoms with Crippen molar-refractivity contribution in [1.29, 1.82) is 5.26 Å². The van der Waals surface area contributed by atoms with Crippen LogP contribution in [-0.4, -0.2) is 63.3 Å². The molecule has 0 bridgehead atoms. The van der Waals surface area contributed by atoms with Gasteiger partial charge in [0, 0.05) is 12.8 Å². The fourth-order valence-electron chi connectivity index (χ4n) is 2.23. The highest BCUT2D eigenvalue weighted by molar-refractivity contribution is 5.16. The zero-order chi connectivity index (χ0) is 14.0. The Bertz CT molecular complexity index is 382. The summed E-state index contributed by atoms with van der Waals surface area (Å²) in [6.07, 6.45) is -2.43. The van der Waals surface area contributed by atoms with Crippen LogP contribution >= 0.6 is 0 Å². The summed E-state index contributed by atoms with van der Waals surface area (Å²) in [4.78, 5) is 0. The molecule has 0 aromatic rings. The van der Waals surface area contributed by atoms with Crippen molar-refractivity contribution in [1.82, 2.24) is 0 Å². The molecular weight excluding hydrogens is 254 g/mol. The molecule has 0 aromatic carbocycles. The maximum Gasteiger partial charge on any atom is 0.188 e. The average Bonchev–Trinajstić information content (AvgIpc) is 2.89. The lowest BCUT2D eigenvalue weighted by Gasteiger charge is -2.41. The Hall–Kier alpha value is -1.01. The Labute approximate surface area is 110 Å². The van der Waals surface area contributed by atoms with E-state index in [0.29, 0.717) is 12.8 Å². The average molecular weight is 271 g/mol. The maximum atomic E-state index is 9.82. The van der Waals surface area contributed by atoms with E-state index < -0.39 is 42.9 Å². The molecule has 1 aliphatic carbocycles. The molecule has 106 valence electrons. The van der Waals surface area contributed by atoms with Gasteiger partial charge in [0.2, 0.25) is 0 Å². The Morgan fingerprint density at radius 1 is 1.21 bits per heavy atom. The number of rotatable bonds is 3. The zero-order valence-corrected chi connectivity index (χ0v) is 10.2. The van der Waals surface area contributed by atoms with Crippen LogP contribution < -0.4 is 0 Å². The molecule has 0 amide bonds. The first kappa shape index (κ1) is 14.4. The molecule has 7 nitrogen and oxygen atoms in total. The summed E-state index contributed by atoms with van der Waals surface area (Å²) in [5.41, 5.74) is -1.13. The molecule has 1 aliphatic heterocycles. The van der Waals surface area contributed by atoms with Gasteiger partial charge in [-0.05, 0) is 0 Å². The fourth-order valence-corrected chi connectivity index (χ4v) is 2.23. The normalized spacial score (nSPS) is 41.1. The van der Waals surface area contributed by atoms with Gasteiger partial charge in [-0.1, -0.05) is 12.2 Å². The lowest BCUT2D eigenvalue weighted by molar-refractivity contribution is -0.318. The number of hydrogen-bond donors (Lipinski definition) is 4. The van der Waals surface area contributed by atoms with Gasteiger partial charge in [-0.25, -0.2) is 0 Å². The van der Waals surface area contributed by atoms with E-state index in [2.05, 4.69) is 0 Å². The summed E-state index contributed by atoms with van der Waals surface area (Å²) in [5, 5.41) is 47.3. The number of nitriles is 1. The largest absolute Gasteiger partial charge is 0.394 e. The Balaban J connectivity index is 2.09. The summed E-state index contributed by atoms with van der Waals surface area (Å²) in [6.45, 7) is -0.525. The van der Waals surface area contributed by atoms with E-state index in [1.165, 1.54) is 0 Å². The predicted molar refractivity (Wildman–Crippen MR) is 61.6 cm³/mol. The third kappa shape index (κ3) is 2.65. The Kier molecular flexibility index (Phi) is 4.20. The number of hydrogen-bond acceptors (Lipinski definition) is 7. The molecule has 19 heavy (non-hydrogen) atoms. The minimum Gasteiger partial charge on any atom is -0.394 e. The smallest absolute Gasteiger partial charge is 0.188 e. The van der Waals surface area contributed by atoms with Crippen molar-refractivity contribution in [3.05, 3.63) is 12.2 Å². The van der Waals surface area contributed by atoms with Gasteiger partial charge in [-0.2, -0.15) is 5.26 Å². The van der Waals surface area contributed by atoms with Gasteiger partial charge in [0.05, 0.1) is 12.7 Å². The lowest BCUT2D eigenvalue weighted by Crippen LogP contribution is -2.60. The maximum absolute atomic E-state index is 9.82. The molecule has 5 atom stereocenters. The van der Waals surface area contributed by atoms with Crippen LogP contribution in [-0.2, 0) is 9.47 Å². The van der Waals surface area contributed by atoms with Crippen molar-refractivity contribution in [2.24, 2.45) is 0 Å². The summed E-state index contributed by atoms with van der Waals surface area (Å²) in [7, 11) is 0. The van der Waals surface area contributed by atoms with Crippen LogP contribution in [0.4, 0.5) is 0 Å². The monoisotopic (exact) mass is 271 g/mol. The summed E-state index contributed by atoms with van der Waals surface area (Å²) in [5.74, 6) is 0. The molecule has 7 heteroatoms. The molecule has 2 aliphatic rings. The van der Waals surface area contributed by atoms with Crippen LogP contribution in [0.1, 0.15) is 12.8 Å². The van der Waals surface area contributed by atoms with E-state index in [9.17, 15) is 15.3 Å². The van der Waals surface area contributed by atoms with Gasteiger partial charge in [0.15, 0.2) is 11.9 Å². The van der Waals surface area contributed by atoms with Crippen LogP contribution in [0.25, 0.3) is 0 Å². The fraction of sp³-hybridized carbons (Fsp3) is 0.750. The number of ether oxygens (including phenoxy) is 2. The van der Waals surface area contributed by atoms with Crippen LogP contribution in [0.15, 0.2) is 12.2 Å². The minimum atomic E-state index is -1.50. The molecule has 1 fully saturated rings. The predicted octanol–water partition coefficient (Wildman–Crippen LogP) is -1.58. The van der Waals surface area contributed by atoms with Crippen molar-refractivity contribution >= 4 is 0 Å². The van der Waals surface area contributed by atoms with E-state index in [1.54, 1.807) is 12.2 Å². The molecule has 0 saturated carbocycles. The van der Waals surface area contributed by atoms with Crippen molar-refractivity contribution < 1.29 is 29.9 Å². The number of aliphatic hydroxyl groups is 4. The standard InChI is InChI=1S/C12H17NO6/c13-6-12(3-1-2-4-12)19-11-10(17)9(16)8(15)7(5-14)18-11/h1-2,7-11,14-17H,3-5H2/t7-,8-,9+,10-,11+/m1/s1. The molecule has 0 unspecified atom stereocenters. The van der Waals surface area contributed by atoms with Gasteiger partial charge >= 0.3 is 0 Å². The highest BCUT2D eigenvalue weighted by atomic mass is 16.7. The zero-order valence-electron chi connectivity index (χ0n) is 10.2. The van der Waals surface area contributed by atoms with Crippen molar-refractivity contribution in [3.8, 4) is 6.07 Å². The van der Waals surface area contributed by atoms with Gasteiger partial charge in [0.25, 0.3) is 0 Å². The highest BCUT2D eigenvalue weighted by Crippen LogP contribution is 2.32. The Morgan fingerprint density at radius 3 is 2.37 bits per heavy atom. The van der Waals surface area contributed by atoms with Crippen LogP contribution in [0.2, 0.25) is 0 Å². The van der Waals surface area contributed by atoms with E-state index in [1.807, 2.05) is 6.07 Å². The number of nitrogens with zero attached hydrogens (tertiary/aromatic N) is 1. The van der Waals surface area contributed by atoms with Crippen LogP contribution in [0.3, 0.4) is 0 Å². The molecule has 0 aromatic heterocycles. The molecule has 2 rings (SSSR count). The van der Waals surface area contributed by atoms with Gasteiger partial charge in [0.1, 0.15) is 24.4 Å². The van der Waals surface area contributed by atoms with Gasteiger partial charge in [-0.3, -0.25) is 0 Å². The van der Waals surface area contributed by atoms with Gasteiger partial charge in [-0.15, -0.1) is 0 Å². The third-order valence-corrected chi connectivity index (χ3v) is 3.46. The first-order valence-electron chi connectivity index (χ1n) is 6.07. The van der Waals surface area contributed by atoms with Crippen molar-refractivity contribution in [2.45, 2.75) is 49.1 Å². The molecule has 4 N–H and O–H groups in total. The van der Waals surface area contributed by atoms with Crippen LogP contribution in [0.5, 0.6) is 0 Å². The second kappa shape index (κ2) is 5.54. The van der Waals surface area contributed by atoms with E-state index in [-0.39, 0.29) is 0 Å². The van der Waals surface area contributed by atoms with Crippen molar-refractivity contribution in [2.75, 3.05) is 6.61 Å². The SMILES string of the molecule is N#CC1(O[C@@H]2O[C@H](CO)[C@@H](O)[C@H](O)[C@H]2O)CC=CC1. The highest BCUT2D eigenvalue weighted by Gasteiger charge is 2.47. The molecule has 1 saturated heterocycles. The topological polar surface area (TPSA) is 123 Å². The van der Waals surface area contributed by atoms with Crippen molar-refractivity contribution in [3.63, 3.8) is 0 Å². The van der Waals surface area contributed by atoms with E-state index in [0.717, 1.165) is 0 Å². The second-order valence-electron chi connectivity index (χ2n) is 4.80. The van der Waals surface area contributed by atoms with E-state index >= 15 is 0 Å². The third-order valence-electron chi connectivity index (χ3n) is 3.46. The Morgan fingerprint density at radius 2 is 1.84 bits per heavy atom. The summed E-state index contributed by atoms with van der Waals surface area (Å²) >= 11 is 0. The van der Waals surface area contributed by atoms with Gasteiger partial charge < -0.3 is 29.9 Å². The molecular formula is C12H17NO6. The van der Waals surface area contributed by atoms with E-state index in [4.69, 9.17) is 19.8 Å². The summed E-state index contributed by atoms with van der Waals surface area (Å²) in [6, 6.07) is 2.02.